The van der Waals surface area contributed by atoms with Crippen LogP contribution in [0.25, 0.3) is 0 Å². The molecule has 9 nitrogen and oxygen atoms in total. The number of aliphatic hydroxyl groups excluding tert-OH is 5. The molecule has 0 bridgehead atoms. The number of carbonyl (C=O) groups is 1. The molecule has 0 aliphatic carbocycles. The van der Waals surface area contributed by atoms with E-state index in [1.807, 2.05) is 6.08 Å². The Hall–Kier alpha value is -1.33. The van der Waals surface area contributed by atoms with Crippen LogP contribution >= 0.6 is 0 Å². The van der Waals surface area contributed by atoms with Gasteiger partial charge in [0, 0.05) is 6.42 Å². The van der Waals surface area contributed by atoms with E-state index in [2.05, 4.69) is 31.3 Å². The molecular formula is C58H111NO8. The maximum atomic E-state index is 13.0. The van der Waals surface area contributed by atoms with Gasteiger partial charge in [-0.2, -0.15) is 0 Å². The van der Waals surface area contributed by atoms with E-state index < -0.39 is 49.5 Å². The molecule has 396 valence electrons. The maximum Gasteiger partial charge on any atom is 0.220 e. The van der Waals surface area contributed by atoms with Gasteiger partial charge in [0.1, 0.15) is 24.4 Å². The van der Waals surface area contributed by atoms with Gasteiger partial charge < -0.3 is 40.3 Å². The first kappa shape index (κ1) is 63.7. The molecule has 1 aliphatic rings. The zero-order valence-corrected chi connectivity index (χ0v) is 43.9. The molecule has 1 saturated heterocycles. The molecule has 1 fully saturated rings. The Morgan fingerprint density at radius 2 is 0.836 bits per heavy atom. The number of rotatable bonds is 50. The van der Waals surface area contributed by atoms with Crippen LogP contribution in [-0.2, 0) is 14.3 Å². The fourth-order valence-corrected chi connectivity index (χ4v) is 9.39. The maximum absolute atomic E-state index is 13.0. The first-order valence-electron chi connectivity index (χ1n) is 29.1. The van der Waals surface area contributed by atoms with Crippen LogP contribution in [0.2, 0.25) is 0 Å². The molecule has 0 aromatic heterocycles. The van der Waals surface area contributed by atoms with Gasteiger partial charge in [-0.15, -0.1) is 0 Å². The molecule has 0 aromatic rings. The van der Waals surface area contributed by atoms with Gasteiger partial charge in [-0.25, -0.2) is 0 Å². The van der Waals surface area contributed by atoms with Crippen LogP contribution in [0.5, 0.6) is 0 Å². The Kier molecular flexibility index (Phi) is 45.9. The van der Waals surface area contributed by atoms with Crippen molar-refractivity contribution in [2.24, 2.45) is 0 Å². The van der Waals surface area contributed by atoms with E-state index in [1.165, 1.54) is 225 Å². The highest BCUT2D eigenvalue weighted by Gasteiger charge is 2.44. The van der Waals surface area contributed by atoms with E-state index in [1.54, 1.807) is 6.08 Å². The summed E-state index contributed by atoms with van der Waals surface area (Å²) in [4.78, 5) is 13.0. The lowest BCUT2D eigenvalue weighted by atomic mass is 9.99. The van der Waals surface area contributed by atoms with Crippen LogP contribution in [0.15, 0.2) is 24.3 Å². The second-order valence-corrected chi connectivity index (χ2v) is 20.4. The summed E-state index contributed by atoms with van der Waals surface area (Å²) in [5.74, 6) is -0.177. The van der Waals surface area contributed by atoms with Crippen LogP contribution in [0.1, 0.15) is 284 Å². The number of hydrogen-bond donors (Lipinski definition) is 6. The molecule has 1 rings (SSSR count). The van der Waals surface area contributed by atoms with E-state index >= 15 is 0 Å². The zero-order chi connectivity index (χ0) is 48.7. The molecule has 0 radical (unpaired) electrons. The molecule has 67 heavy (non-hydrogen) atoms. The minimum absolute atomic E-state index is 0.177. The Morgan fingerprint density at radius 3 is 1.21 bits per heavy atom. The van der Waals surface area contributed by atoms with Crippen LogP contribution in [0.3, 0.4) is 0 Å². The molecule has 1 heterocycles. The topological polar surface area (TPSA) is 149 Å². The molecule has 7 atom stereocenters. The number of unbranched alkanes of at least 4 members (excludes halogenated alkanes) is 38. The summed E-state index contributed by atoms with van der Waals surface area (Å²) in [5.41, 5.74) is 0. The Balaban J connectivity index is 2.22. The molecule has 1 amide bonds. The quantitative estimate of drug-likeness (QED) is 0.0261. The Labute approximate surface area is 413 Å². The first-order valence-corrected chi connectivity index (χ1v) is 29.1. The van der Waals surface area contributed by atoms with E-state index in [9.17, 15) is 30.3 Å². The number of ether oxygens (including phenoxy) is 2. The Morgan fingerprint density at radius 1 is 0.493 bits per heavy atom. The highest BCUT2D eigenvalue weighted by molar-refractivity contribution is 5.76. The lowest BCUT2D eigenvalue weighted by Crippen LogP contribution is -2.60. The highest BCUT2D eigenvalue weighted by Crippen LogP contribution is 2.23. The molecule has 0 spiro atoms. The van der Waals surface area contributed by atoms with Crippen molar-refractivity contribution < 1.29 is 39.8 Å². The van der Waals surface area contributed by atoms with E-state index in [-0.39, 0.29) is 12.5 Å². The zero-order valence-electron chi connectivity index (χ0n) is 43.9. The number of amides is 1. The van der Waals surface area contributed by atoms with Crippen molar-refractivity contribution in [3.8, 4) is 0 Å². The minimum Gasteiger partial charge on any atom is -0.394 e. The van der Waals surface area contributed by atoms with Crippen LogP contribution < -0.4 is 5.32 Å². The second kappa shape index (κ2) is 48.3. The minimum atomic E-state index is -1.57. The number of hydrogen-bond acceptors (Lipinski definition) is 8. The van der Waals surface area contributed by atoms with Crippen molar-refractivity contribution in [1.29, 1.82) is 0 Å². The van der Waals surface area contributed by atoms with Crippen molar-refractivity contribution in [2.75, 3.05) is 13.2 Å². The van der Waals surface area contributed by atoms with Gasteiger partial charge in [0.2, 0.25) is 5.91 Å². The van der Waals surface area contributed by atoms with Crippen molar-refractivity contribution in [3.05, 3.63) is 24.3 Å². The van der Waals surface area contributed by atoms with Crippen LogP contribution in [0.4, 0.5) is 0 Å². The van der Waals surface area contributed by atoms with Crippen LogP contribution in [0, 0.1) is 0 Å². The van der Waals surface area contributed by atoms with E-state index in [0.29, 0.717) is 6.42 Å². The molecule has 9 heteroatoms. The summed E-state index contributed by atoms with van der Waals surface area (Å²) >= 11 is 0. The van der Waals surface area contributed by atoms with Gasteiger partial charge in [-0.3, -0.25) is 4.79 Å². The standard InChI is InChI=1S/C58H111NO8/c1-3-5-7-9-11-13-15-17-19-21-23-24-25-26-27-28-30-31-33-35-37-39-41-43-45-47-52(61)51(50-66-58-57(65)56(64)55(63)53(49-60)67-58)59-54(62)48-46-44-42-40-38-36-34-32-29-22-20-18-16-14-12-10-8-6-4-2/h22,29,45,47,51-53,55-58,60-61,63-65H,3-21,23-28,30-44,46,48-50H2,1-2H3,(H,59,62)/b29-22-,47-45+. The van der Waals surface area contributed by atoms with Gasteiger partial charge >= 0.3 is 0 Å². The number of aliphatic hydroxyl groups is 5. The number of allylic oxidation sites excluding steroid dienone is 3. The van der Waals surface area contributed by atoms with Gasteiger partial charge in [-0.05, 0) is 44.9 Å². The molecule has 0 saturated carbocycles. The SMILES string of the molecule is CCCCCCCCCC/C=C\CCCCCCCCCC(=O)NC(COC1OC(CO)C(O)C(O)C1O)C(O)/C=C/CCCCCCCCCCCCCCCCCCCCCCCCC. The average molecular weight is 951 g/mol. The van der Waals surface area contributed by atoms with E-state index in [4.69, 9.17) is 9.47 Å². The number of carbonyl (C=O) groups excluding carboxylic acids is 1. The summed E-state index contributed by atoms with van der Waals surface area (Å²) in [6.07, 6.45) is 53.8. The third kappa shape index (κ3) is 38.1. The fraction of sp³-hybridized carbons (Fsp3) is 0.914. The predicted octanol–water partition coefficient (Wildman–Crippen LogP) is 14.2. The molecule has 7 unspecified atom stereocenters. The van der Waals surface area contributed by atoms with Gasteiger partial charge in [-0.1, -0.05) is 256 Å². The summed E-state index contributed by atoms with van der Waals surface area (Å²) in [6, 6.07) is -0.806. The summed E-state index contributed by atoms with van der Waals surface area (Å²) in [5, 5.41) is 54.5. The van der Waals surface area contributed by atoms with E-state index in [0.717, 1.165) is 38.5 Å². The average Bonchev–Trinajstić information content (AvgIpc) is 3.33. The third-order valence-electron chi connectivity index (χ3n) is 14.0. The smallest absolute Gasteiger partial charge is 0.220 e. The molecular weight excluding hydrogens is 839 g/mol. The Bertz CT molecular complexity index is 1100. The monoisotopic (exact) mass is 950 g/mol. The number of nitrogens with one attached hydrogen (secondary N) is 1. The largest absolute Gasteiger partial charge is 0.394 e. The highest BCUT2D eigenvalue weighted by atomic mass is 16.7. The first-order chi connectivity index (χ1) is 32.8. The van der Waals surface area contributed by atoms with Crippen LogP contribution in [-0.4, -0.2) is 87.5 Å². The lowest BCUT2D eigenvalue weighted by molar-refractivity contribution is -0.302. The second-order valence-electron chi connectivity index (χ2n) is 20.4. The normalized spacial score (nSPS) is 19.8. The van der Waals surface area contributed by atoms with Gasteiger partial charge in [0.25, 0.3) is 0 Å². The van der Waals surface area contributed by atoms with Gasteiger partial charge in [0.05, 0.1) is 25.4 Å². The molecule has 0 aromatic carbocycles. The predicted molar refractivity (Wildman–Crippen MR) is 281 cm³/mol. The summed E-state index contributed by atoms with van der Waals surface area (Å²) in [7, 11) is 0. The lowest BCUT2D eigenvalue weighted by Gasteiger charge is -2.40. The van der Waals surface area contributed by atoms with Crippen molar-refractivity contribution in [2.45, 2.75) is 326 Å². The van der Waals surface area contributed by atoms with Crippen molar-refractivity contribution in [3.63, 3.8) is 0 Å². The summed E-state index contributed by atoms with van der Waals surface area (Å²) in [6.45, 7) is 3.81. The molecule has 1 aliphatic heterocycles. The van der Waals surface area contributed by atoms with Gasteiger partial charge in [0.15, 0.2) is 6.29 Å². The fourth-order valence-electron chi connectivity index (χ4n) is 9.39. The third-order valence-corrected chi connectivity index (χ3v) is 14.0. The summed E-state index contributed by atoms with van der Waals surface area (Å²) < 4.78 is 11.3. The molecule has 6 N–H and O–H groups in total. The van der Waals surface area contributed by atoms with Crippen molar-refractivity contribution in [1.82, 2.24) is 5.32 Å². The van der Waals surface area contributed by atoms with Crippen molar-refractivity contribution >= 4 is 5.91 Å².